The Labute approximate surface area is 181 Å². The third-order valence-electron chi connectivity index (χ3n) is 6.08. The molecule has 1 N–H and O–H groups in total. The zero-order valence-corrected chi connectivity index (χ0v) is 18.1. The fourth-order valence-corrected chi connectivity index (χ4v) is 4.23. The minimum Gasteiger partial charge on any atom is -0.497 e. The van der Waals surface area contributed by atoms with Crippen LogP contribution in [0.4, 0.5) is 8.78 Å². The third kappa shape index (κ3) is 6.29. The molecule has 2 fully saturated rings. The number of ether oxygens (including phenoxy) is 2. The van der Waals surface area contributed by atoms with E-state index in [9.17, 15) is 18.4 Å². The molecule has 0 bridgehead atoms. The van der Waals surface area contributed by atoms with E-state index in [0.29, 0.717) is 68.9 Å². The van der Waals surface area contributed by atoms with E-state index < -0.39 is 6.43 Å². The Morgan fingerprint density at radius 1 is 1.00 bits per heavy atom. The lowest BCUT2D eigenvalue weighted by atomic mass is 9.94. The molecule has 9 heteroatoms. The van der Waals surface area contributed by atoms with Gasteiger partial charge < -0.3 is 19.7 Å². The van der Waals surface area contributed by atoms with Gasteiger partial charge in [-0.05, 0) is 37.8 Å². The largest absolute Gasteiger partial charge is 0.497 e. The van der Waals surface area contributed by atoms with Gasteiger partial charge in [-0.25, -0.2) is 8.78 Å². The first-order chi connectivity index (χ1) is 14.9. The van der Waals surface area contributed by atoms with Crippen LogP contribution >= 0.6 is 0 Å². The van der Waals surface area contributed by atoms with Crippen LogP contribution in [0.5, 0.6) is 11.5 Å². The van der Waals surface area contributed by atoms with Crippen LogP contribution in [-0.4, -0.2) is 81.0 Å². The molecule has 7 nitrogen and oxygen atoms in total. The number of benzene rings is 1. The molecule has 2 saturated heterocycles. The lowest BCUT2D eigenvalue weighted by Crippen LogP contribution is -2.49. The number of carbonyl (C=O) groups excluding carboxylic acids is 2. The number of halogens is 2. The maximum atomic E-state index is 12.9. The quantitative estimate of drug-likeness (QED) is 0.707. The highest BCUT2D eigenvalue weighted by Crippen LogP contribution is 2.26. The molecule has 3 rings (SSSR count). The number of amides is 2. The summed E-state index contributed by atoms with van der Waals surface area (Å²) < 4.78 is 35.5. The van der Waals surface area contributed by atoms with Crippen molar-refractivity contribution in [1.82, 2.24) is 15.1 Å². The highest BCUT2D eigenvalue weighted by Gasteiger charge is 2.30. The number of hydrogen-bond donors (Lipinski definition) is 1. The first-order valence-corrected chi connectivity index (χ1v) is 10.7. The Hall–Kier alpha value is -2.42. The zero-order chi connectivity index (χ0) is 22.4. The summed E-state index contributed by atoms with van der Waals surface area (Å²) in [5, 5.41) is 3.08. The van der Waals surface area contributed by atoms with Crippen molar-refractivity contribution in [2.24, 2.45) is 5.92 Å². The van der Waals surface area contributed by atoms with E-state index in [1.165, 1.54) is 14.2 Å². The Kier molecular flexibility index (Phi) is 8.06. The highest BCUT2D eigenvalue weighted by molar-refractivity contribution is 5.95. The van der Waals surface area contributed by atoms with Crippen LogP contribution in [0.1, 0.15) is 36.0 Å². The lowest BCUT2D eigenvalue weighted by molar-refractivity contribution is -0.127. The van der Waals surface area contributed by atoms with Gasteiger partial charge in [0.25, 0.3) is 12.3 Å². The molecule has 0 radical (unpaired) electrons. The van der Waals surface area contributed by atoms with Crippen LogP contribution in [-0.2, 0) is 4.79 Å². The van der Waals surface area contributed by atoms with E-state index in [4.69, 9.17) is 9.47 Å². The molecule has 1 aromatic rings. The molecule has 2 heterocycles. The van der Waals surface area contributed by atoms with Crippen LogP contribution in [0.3, 0.4) is 0 Å². The number of hydrogen-bond acceptors (Lipinski definition) is 5. The number of carbonyl (C=O) groups is 2. The number of methoxy groups -OCH3 is 2. The van der Waals surface area contributed by atoms with Crippen LogP contribution in [0.15, 0.2) is 18.2 Å². The van der Waals surface area contributed by atoms with Gasteiger partial charge >= 0.3 is 0 Å². The predicted octanol–water partition coefficient (Wildman–Crippen LogP) is 2.40. The molecule has 0 atom stereocenters. The molecule has 0 saturated carbocycles. The van der Waals surface area contributed by atoms with Crippen LogP contribution < -0.4 is 14.8 Å². The monoisotopic (exact) mass is 439 g/mol. The smallest absolute Gasteiger partial charge is 0.254 e. The van der Waals surface area contributed by atoms with Gasteiger partial charge in [-0.15, -0.1) is 0 Å². The van der Waals surface area contributed by atoms with Crippen molar-refractivity contribution in [3.8, 4) is 11.5 Å². The Balaban J connectivity index is 1.47. The van der Waals surface area contributed by atoms with Crippen molar-refractivity contribution in [2.45, 2.75) is 38.2 Å². The lowest BCUT2D eigenvalue weighted by Gasteiger charge is -2.35. The summed E-state index contributed by atoms with van der Waals surface area (Å²) in [4.78, 5) is 29.0. The highest BCUT2D eigenvalue weighted by atomic mass is 19.3. The summed E-state index contributed by atoms with van der Waals surface area (Å²) >= 11 is 0. The van der Waals surface area contributed by atoms with Crippen molar-refractivity contribution < 1.29 is 27.8 Å². The van der Waals surface area contributed by atoms with E-state index >= 15 is 0 Å². The number of piperidine rings is 2. The van der Waals surface area contributed by atoms with E-state index in [0.717, 1.165) is 0 Å². The minimum atomic E-state index is -2.32. The van der Waals surface area contributed by atoms with Gasteiger partial charge in [-0.2, -0.15) is 0 Å². The summed E-state index contributed by atoms with van der Waals surface area (Å²) in [6.07, 6.45) is 0.254. The molecule has 2 aliphatic rings. The van der Waals surface area contributed by atoms with Crippen molar-refractivity contribution in [3.63, 3.8) is 0 Å². The molecule has 172 valence electrons. The maximum absolute atomic E-state index is 12.9. The Bertz CT molecular complexity index is 739. The average Bonchev–Trinajstić information content (AvgIpc) is 2.79. The number of nitrogens with zero attached hydrogens (tertiary/aromatic N) is 2. The third-order valence-corrected chi connectivity index (χ3v) is 6.08. The van der Waals surface area contributed by atoms with E-state index in [2.05, 4.69) is 5.32 Å². The van der Waals surface area contributed by atoms with Crippen LogP contribution in [0, 0.1) is 5.92 Å². The number of rotatable bonds is 7. The summed E-state index contributed by atoms with van der Waals surface area (Å²) in [7, 11) is 3.07. The molecule has 2 aliphatic heterocycles. The minimum absolute atomic E-state index is 0.00228. The predicted molar refractivity (Wildman–Crippen MR) is 112 cm³/mol. The number of nitrogens with one attached hydrogen (secondary N) is 1. The van der Waals surface area contributed by atoms with Gasteiger partial charge in [0.2, 0.25) is 5.91 Å². The van der Waals surface area contributed by atoms with Gasteiger partial charge in [0.05, 0.1) is 20.8 Å². The van der Waals surface area contributed by atoms with E-state index in [1.54, 1.807) is 28.0 Å². The summed E-state index contributed by atoms with van der Waals surface area (Å²) in [5.41, 5.74) is 0.495. The normalized spacial score (nSPS) is 18.8. The molecule has 0 unspecified atom stereocenters. The zero-order valence-electron chi connectivity index (χ0n) is 18.1. The van der Waals surface area contributed by atoms with Crippen molar-refractivity contribution >= 4 is 11.8 Å². The second kappa shape index (κ2) is 10.7. The second-order valence-electron chi connectivity index (χ2n) is 8.14. The molecular weight excluding hydrogens is 408 g/mol. The number of likely N-dealkylation sites (tertiary alicyclic amines) is 2. The van der Waals surface area contributed by atoms with E-state index in [1.807, 2.05) is 0 Å². The van der Waals surface area contributed by atoms with Crippen molar-refractivity contribution in [1.29, 1.82) is 0 Å². The average molecular weight is 440 g/mol. The Morgan fingerprint density at radius 2 is 1.58 bits per heavy atom. The second-order valence-corrected chi connectivity index (χ2v) is 8.14. The fraction of sp³-hybridized carbons (Fsp3) is 0.636. The topological polar surface area (TPSA) is 71.1 Å². The van der Waals surface area contributed by atoms with Crippen molar-refractivity contribution in [3.05, 3.63) is 23.8 Å². The van der Waals surface area contributed by atoms with Crippen LogP contribution in [0.25, 0.3) is 0 Å². The maximum Gasteiger partial charge on any atom is 0.254 e. The first kappa shape index (κ1) is 23.2. The van der Waals surface area contributed by atoms with Gasteiger partial charge in [0.15, 0.2) is 0 Å². The Morgan fingerprint density at radius 3 is 2.10 bits per heavy atom. The number of alkyl halides is 2. The summed E-state index contributed by atoms with van der Waals surface area (Å²) in [6, 6.07) is 5.12. The molecular formula is C22H31F2N3O4. The first-order valence-electron chi connectivity index (χ1n) is 10.7. The molecule has 0 spiro atoms. The fourth-order valence-electron chi connectivity index (χ4n) is 4.23. The van der Waals surface area contributed by atoms with Gasteiger partial charge in [-0.3, -0.25) is 14.5 Å². The summed E-state index contributed by atoms with van der Waals surface area (Å²) in [6.45, 7) is 1.96. The van der Waals surface area contributed by atoms with Crippen LogP contribution in [0.2, 0.25) is 0 Å². The molecule has 31 heavy (non-hydrogen) atoms. The molecule has 2 amide bonds. The van der Waals surface area contributed by atoms with Gasteiger partial charge in [0.1, 0.15) is 11.5 Å². The summed E-state index contributed by atoms with van der Waals surface area (Å²) in [5.74, 6) is 0.862. The van der Waals surface area contributed by atoms with Crippen molar-refractivity contribution in [2.75, 3.05) is 46.9 Å². The molecule has 0 aromatic heterocycles. The SMILES string of the molecule is COc1cc(OC)cc(C(=O)N2CCC(C(=O)NC3CCN(CC(F)F)CC3)CC2)c1. The van der Waals surface area contributed by atoms with Gasteiger partial charge in [-0.1, -0.05) is 0 Å². The molecule has 0 aliphatic carbocycles. The van der Waals surface area contributed by atoms with Gasteiger partial charge in [0, 0.05) is 49.8 Å². The van der Waals surface area contributed by atoms with E-state index in [-0.39, 0.29) is 30.3 Å². The molecule has 1 aromatic carbocycles. The standard InChI is InChI=1S/C22H31F2N3O4/c1-30-18-11-16(12-19(13-18)31-2)22(29)27-9-3-15(4-10-27)21(28)25-17-5-7-26(8-6-17)14-20(23)24/h11-13,15,17,20H,3-10,14H2,1-2H3,(H,25,28).